The van der Waals surface area contributed by atoms with Crippen molar-refractivity contribution in [3.63, 3.8) is 0 Å². The van der Waals surface area contributed by atoms with E-state index in [0.717, 1.165) is 40.5 Å². The van der Waals surface area contributed by atoms with E-state index in [9.17, 15) is 27.2 Å². The molecule has 1 unspecified atom stereocenters. The summed E-state index contributed by atoms with van der Waals surface area (Å²) in [4.78, 5) is 31.3. The number of aromatic nitrogens is 2. The summed E-state index contributed by atoms with van der Waals surface area (Å²) in [6.07, 6.45) is 0. The molecule has 3 aromatic carbocycles. The summed E-state index contributed by atoms with van der Waals surface area (Å²) in [7, 11) is 0. The Bertz CT molecular complexity index is 1680. The molecule has 0 saturated carbocycles. The Balaban J connectivity index is 1.50. The molecule has 5 rings (SSSR count). The van der Waals surface area contributed by atoms with E-state index in [1.807, 2.05) is 15.9 Å². The molecule has 1 fully saturated rings. The Morgan fingerprint density at radius 2 is 1.45 bits per heavy atom. The van der Waals surface area contributed by atoms with E-state index in [1.165, 1.54) is 10.6 Å². The van der Waals surface area contributed by atoms with E-state index in [0.29, 0.717) is 26.2 Å². The lowest BCUT2D eigenvalue weighted by atomic mass is 10.1. The van der Waals surface area contributed by atoms with E-state index in [1.54, 1.807) is 31.2 Å². The van der Waals surface area contributed by atoms with Gasteiger partial charge in [-0.05, 0) is 42.8 Å². The smallest absolute Gasteiger partial charge is 0.331 e. The minimum Gasteiger partial charge on any atom is -0.363 e. The van der Waals surface area contributed by atoms with Crippen molar-refractivity contribution in [3.8, 4) is 0 Å². The molecule has 0 spiro atoms. The number of benzene rings is 3. The first kappa shape index (κ1) is 29.3. The predicted octanol–water partition coefficient (Wildman–Crippen LogP) is 3.95. The van der Waals surface area contributed by atoms with Crippen molar-refractivity contribution < 1.29 is 17.6 Å². The molecule has 11 heteroatoms. The van der Waals surface area contributed by atoms with Crippen LogP contribution in [0.5, 0.6) is 0 Å². The van der Waals surface area contributed by atoms with Crippen molar-refractivity contribution in [1.82, 2.24) is 14.0 Å². The van der Waals surface area contributed by atoms with Crippen molar-refractivity contribution in [2.24, 2.45) is 5.73 Å². The first-order chi connectivity index (χ1) is 20.1. The zero-order chi connectivity index (χ0) is 30.0. The summed E-state index contributed by atoms with van der Waals surface area (Å²) >= 11 is 0. The molecular formula is C31H31F4N5O2. The van der Waals surface area contributed by atoms with Gasteiger partial charge < -0.3 is 10.6 Å². The van der Waals surface area contributed by atoms with E-state index >= 15 is 0 Å². The Morgan fingerprint density at radius 1 is 0.786 bits per heavy atom. The van der Waals surface area contributed by atoms with Gasteiger partial charge in [0.15, 0.2) is 0 Å². The van der Waals surface area contributed by atoms with Crippen LogP contribution in [0.3, 0.4) is 0 Å². The average Bonchev–Trinajstić information content (AvgIpc) is 2.98. The third-order valence-corrected chi connectivity index (χ3v) is 7.73. The number of nitrogens with two attached hydrogens (primary N) is 1. The molecule has 0 aliphatic carbocycles. The molecule has 0 bridgehead atoms. The van der Waals surface area contributed by atoms with Crippen LogP contribution in [0.2, 0.25) is 0 Å². The lowest BCUT2D eigenvalue weighted by Gasteiger charge is -2.37. The summed E-state index contributed by atoms with van der Waals surface area (Å²) in [6.45, 7) is 2.77. The van der Waals surface area contributed by atoms with Crippen LogP contribution in [0.25, 0.3) is 0 Å². The Labute approximate surface area is 240 Å². The van der Waals surface area contributed by atoms with Crippen LogP contribution in [0.4, 0.5) is 23.2 Å². The van der Waals surface area contributed by atoms with Gasteiger partial charge in [-0.25, -0.2) is 22.4 Å². The minimum atomic E-state index is -0.806. The van der Waals surface area contributed by atoms with Crippen LogP contribution < -0.4 is 21.9 Å². The first-order valence-electron chi connectivity index (χ1n) is 13.6. The molecule has 2 heterocycles. The molecule has 0 amide bonds. The molecule has 0 radical (unpaired) electrons. The minimum absolute atomic E-state index is 0.145. The normalized spacial score (nSPS) is 14.8. The molecule has 7 nitrogen and oxygen atoms in total. The monoisotopic (exact) mass is 581 g/mol. The van der Waals surface area contributed by atoms with Crippen molar-refractivity contribution >= 4 is 5.69 Å². The third kappa shape index (κ3) is 6.02. The molecule has 220 valence electrons. The SMILES string of the molecule is Cc1c(N2CCN(Cc3cc(F)ccc3F)CC2)c(=O)n(CC(N)c2ccccc2)c(=O)n1Cc1c(F)cccc1F. The molecule has 2 N–H and O–H groups in total. The van der Waals surface area contributed by atoms with Crippen LogP contribution in [-0.4, -0.2) is 40.2 Å². The topological polar surface area (TPSA) is 76.5 Å². The van der Waals surface area contributed by atoms with Crippen LogP contribution in [0.15, 0.2) is 76.3 Å². The number of hydrogen-bond acceptors (Lipinski definition) is 5. The van der Waals surface area contributed by atoms with Gasteiger partial charge in [0.1, 0.15) is 29.0 Å². The Kier molecular flexibility index (Phi) is 8.60. The molecule has 1 saturated heterocycles. The third-order valence-electron chi connectivity index (χ3n) is 7.73. The van der Waals surface area contributed by atoms with Crippen molar-refractivity contribution in [3.05, 3.63) is 133 Å². The molecule has 1 aliphatic rings. The van der Waals surface area contributed by atoms with Crippen LogP contribution >= 0.6 is 0 Å². The molecule has 1 aromatic heterocycles. The summed E-state index contributed by atoms with van der Waals surface area (Å²) in [6, 6.07) is 15.1. The average molecular weight is 582 g/mol. The van der Waals surface area contributed by atoms with E-state index in [-0.39, 0.29) is 35.6 Å². The fourth-order valence-electron chi connectivity index (χ4n) is 5.38. The lowest BCUT2D eigenvalue weighted by molar-refractivity contribution is 0.245. The highest BCUT2D eigenvalue weighted by Gasteiger charge is 2.27. The van der Waals surface area contributed by atoms with E-state index < -0.39 is 47.1 Å². The van der Waals surface area contributed by atoms with E-state index in [4.69, 9.17) is 5.73 Å². The highest BCUT2D eigenvalue weighted by molar-refractivity contribution is 5.50. The molecular weight excluding hydrogens is 550 g/mol. The van der Waals surface area contributed by atoms with Gasteiger partial charge in [-0.3, -0.25) is 18.8 Å². The Hall–Kier alpha value is -4.22. The van der Waals surface area contributed by atoms with Gasteiger partial charge in [-0.15, -0.1) is 0 Å². The summed E-state index contributed by atoms with van der Waals surface area (Å²) in [5.74, 6) is -2.64. The summed E-state index contributed by atoms with van der Waals surface area (Å²) < 4.78 is 59.4. The van der Waals surface area contributed by atoms with Gasteiger partial charge in [0.2, 0.25) is 0 Å². The highest BCUT2D eigenvalue weighted by atomic mass is 19.1. The summed E-state index contributed by atoms with van der Waals surface area (Å²) in [5.41, 5.74) is 6.25. The fourth-order valence-corrected chi connectivity index (χ4v) is 5.38. The molecule has 4 aromatic rings. The van der Waals surface area contributed by atoms with Gasteiger partial charge >= 0.3 is 5.69 Å². The zero-order valence-corrected chi connectivity index (χ0v) is 23.1. The standard InChI is InChI=1S/C31H31F4N5O2/c1-20-29(38-14-12-37(13-15-38)17-22-16-23(32)10-11-25(22)33)30(41)40(19-28(36)21-6-3-2-4-7-21)31(42)39(20)18-24-26(34)8-5-9-27(24)35/h2-11,16,28H,12-15,17-19,36H2,1H3. The largest absolute Gasteiger partial charge is 0.363 e. The second-order valence-corrected chi connectivity index (χ2v) is 10.4. The van der Waals surface area contributed by atoms with Gasteiger partial charge in [-0.2, -0.15) is 0 Å². The fraction of sp³-hybridized carbons (Fsp3) is 0.290. The van der Waals surface area contributed by atoms with Crippen LogP contribution in [0, 0.1) is 30.2 Å². The molecule has 1 atom stereocenters. The number of hydrogen-bond donors (Lipinski definition) is 1. The second-order valence-electron chi connectivity index (χ2n) is 10.4. The van der Waals surface area contributed by atoms with Gasteiger partial charge in [0, 0.05) is 55.6 Å². The van der Waals surface area contributed by atoms with E-state index in [2.05, 4.69) is 0 Å². The lowest BCUT2D eigenvalue weighted by Crippen LogP contribution is -2.51. The zero-order valence-electron chi connectivity index (χ0n) is 23.1. The molecule has 1 aliphatic heterocycles. The maximum Gasteiger partial charge on any atom is 0.331 e. The quantitative estimate of drug-likeness (QED) is 0.319. The van der Waals surface area contributed by atoms with Crippen molar-refractivity contribution in [1.29, 1.82) is 0 Å². The second kappa shape index (κ2) is 12.3. The van der Waals surface area contributed by atoms with Crippen molar-refractivity contribution in [2.45, 2.75) is 32.6 Å². The van der Waals surface area contributed by atoms with Gasteiger partial charge in [-0.1, -0.05) is 36.4 Å². The Morgan fingerprint density at radius 3 is 2.12 bits per heavy atom. The number of rotatable bonds is 8. The van der Waals surface area contributed by atoms with Crippen LogP contribution in [-0.2, 0) is 19.6 Å². The first-order valence-corrected chi connectivity index (χ1v) is 13.6. The van der Waals surface area contributed by atoms with Gasteiger partial charge in [0.25, 0.3) is 5.56 Å². The van der Waals surface area contributed by atoms with Gasteiger partial charge in [0.05, 0.1) is 13.1 Å². The maximum absolute atomic E-state index is 14.6. The number of piperazine rings is 1. The van der Waals surface area contributed by atoms with Crippen LogP contribution in [0.1, 0.15) is 28.4 Å². The number of halogens is 4. The molecule has 42 heavy (non-hydrogen) atoms. The predicted molar refractivity (Wildman–Crippen MR) is 152 cm³/mol. The van der Waals surface area contributed by atoms with Crippen molar-refractivity contribution in [2.75, 3.05) is 31.1 Å². The number of nitrogens with zero attached hydrogens (tertiary/aromatic N) is 4. The number of anilines is 1. The highest BCUT2D eigenvalue weighted by Crippen LogP contribution is 2.21. The maximum atomic E-state index is 14.6. The summed E-state index contributed by atoms with van der Waals surface area (Å²) in [5, 5.41) is 0.